The molecule has 1 aliphatic heterocycles. The minimum Gasteiger partial charge on any atom is -0.462 e. The molecule has 0 saturated carbocycles. The van der Waals surface area contributed by atoms with Gasteiger partial charge in [0.1, 0.15) is 9.88 Å². The summed E-state index contributed by atoms with van der Waals surface area (Å²) in [4.78, 5) is 40.2. The molecule has 2 heterocycles. The smallest absolute Gasteiger partial charge is 0.348 e. The first kappa shape index (κ1) is 21.0. The zero-order valence-electron chi connectivity index (χ0n) is 16.6. The van der Waals surface area contributed by atoms with E-state index < -0.39 is 5.97 Å². The van der Waals surface area contributed by atoms with E-state index in [9.17, 15) is 14.4 Å². The molecule has 0 radical (unpaired) electrons. The van der Waals surface area contributed by atoms with Gasteiger partial charge in [-0.2, -0.15) is 0 Å². The normalized spacial score (nSPS) is 13.9. The SMILES string of the molecule is CCOC(=O)c1sc(NC(=O)CN2CCCC2)c(C(=O)Nc2ccccc2)c1C. The summed E-state index contributed by atoms with van der Waals surface area (Å²) in [7, 11) is 0. The zero-order valence-corrected chi connectivity index (χ0v) is 17.4. The van der Waals surface area contributed by atoms with Crippen LogP contribution < -0.4 is 10.6 Å². The maximum absolute atomic E-state index is 13.0. The molecule has 0 bridgehead atoms. The number of carbonyl (C=O) groups excluding carboxylic acids is 3. The van der Waals surface area contributed by atoms with Crippen LogP contribution in [0.4, 0.5) is 10.7 Å². The second-order valence-corrected chi connectivity index (χ2v) is 7.85. The maximum Gasteiger partial charge on any atom is 0.348 e. The number of esters is 1. The van der Waals surface area contributed by atoms with Gasteiger partial charge in [0.05, 0.1) is 18.7 Å². The number of anilines is 2. The highest BCUT2D eigenvalue weighted by molar-refractivity contribution is 7.18. The molecular weight excluding hydrogens is 390 g/mol. The van der Waals surface area contributed by atoms with Crippen LogP contribution in [0.15, 0.2) is 30.3 Å². The first-order valence-corrected chi connectivity index (χ1v) is 10.5. The topological polar surface area (TPSA) is 87.7 Å². The van der Waals surface area contributed by atoms with Crippen LogP contribution in [-0.2, 0) is 9.53 Å². The standard InChI is InChI=1S/C21H25N3O4S/c1-3-28-21(27)18-14(2)17(19(26)22-15-9-5-4-6-10-15)20(29-18)23-16(25)13-24-11-7-8-12-24/h4-6,9-10H,3,7-8,11-13H2,1-2H3,(H,22,26)(H,23,25). The summed E-state index contributed by atoms with van der Waals surface area (Å²) in [6.45, 7) is 5.71. The van der Waals surface area contributed by atoms with E-state index in [0.717, 1.165) is 37.3 Å². The number of para-hydroxylation sites is 1. The Morgan fingerprint density at radius 1 is 1.10 bits per heavy atom. The van der Waals surface area contributed by atoms with Crippen LogP contribution in [0.5, 0.6) is 0 Å². The van der Waals surface area contributed by atoms with Crippen molar-refractivity contribution in [2.24, 2.45) is 0 Å². The van der Waals surface area contributed by atoms with Gasteiger partial charge in [-0.15, -0.1) is 11.3 Å². The second-order valence-electron chi connectivity index (χ2n) is 6.83. The van der Waals surface area contributed by atoms with E-state index in [-0.39, 0.29) is 30.5 Å². The molecule has 0 atom stereocenters. The van der Waals surface area contributed by atoms with E-state index in [1.165, 1.54) is 0 Å². The minimum absolute atomic E-state index is 0.197. The van der Waals surface area contributed by atoms with Gasteiger partial charge in [0.2, 0.25) is 5.91 Å². The molecule has 7 nitrogen and oxygen atoms in total. The number of hydrogen-bond acceptors (Lipinski definition) is 6. The van der Waals surface area contributed by atoms with Crippen molar-refractivity contribution in [3.05, 3.63) is 46.3 Å². The summed E-state index contributed by atoms with van der Waals surface area (Å²) in [5.41, 5.74) is 1.42. The Balaban J connectivity index is 1.85. The van der Waals surface area contributed by atoms with E-state index in [1.54, 1.807) is 26.0 Å². The fraction of sp³-hybridized carbons (Fsp3) is 0.381. The summed E-state index contributed by atoms with van der Waals surface area (Å²) in [5.74, 6) is -1.07. The molecule has 29 heavy (non-hydrogen) atoms. The molecule has 2 N–H and O–H groups in total. The second kappa shape index (κ2) is 9.67. The first-order chi connectivity index (χ1) is 14.0. The third-order valence-corrected chi connectivity index (χ3v) is 5.87. The zero-order chi connectivity index (χ0) is 20.8. The fourth-order valence-electron chi connectivity index (χ4n) is 3.29. The summed E-state index contributed by atoms with van der Waals surface area (Å²) in [6.07, 6.45) is 2.17. The minimum atomic E-state index is -0.496. The molecule has 1 fully saturated rings. The molecule has 2 aromatic rings. The number of carbonyl (C=O) groups is 3. The molecule has 0 aliphatic carbocycles. The van der Waals surface area contributed by atoms with Crippen LogP contribution in [0, 0.1) is 6.92 Å². The highest BCUT2D eigenvalue weighted by Gasteiger charge is 2.27. The summed E-state index contributed by atoms with van der Waals surface area (Å²) in [6, 6.07) is 9.04. The number of nitrogens with one attached hydrogen (secondary N) is 2. The van der Waals surface area contributed by atoms with Gasteiger partial charge in [-0.05, 0) is 57.5 Å². The van der Waals surface area contributed by atoms with Crippen LogP contribution in [0.2, 0.25) is 0 Å². The Bertz CT molecular complexity index is 889. The van der Waals surface area contributed by atoms with Gasteiger partial charge in [-0.3, -0.25) is 14.5 Å². The third-order valence-electron chi connectivity index (χ3n) is 4.69. The number of nitrogens with zero attached hydrogens (tertiary/aromatic N) is 1. The first-order valence-electron chi connectivity index (χ1n) is 9.68. The Morgan fingerprint density at radius 2 is 1.79 bits per heavy atom. The van der Waals surface area contributed by atoms with Crippen molar-refractivity contribution in [2.75, 3.05) is 36.9 Å². The van der Waals surface area contributed by atoms with Crippen molar-refractivity contribution in [2.45, 2.75) is 26.7 Å². The Hall–Kier alpha value is -2.71. The fourth-order valence-corrected chi connectivity index (χ4v) is 4.41. The number of benzene rings is 1. The lowest BCUT2D eigenvalue weighted by atomic mass is 10.1. The quantitative estimate of drug-likeness (QED) is 0.676. The average Bonchev–Trinajstić information content (AvgIpc) is 3.30. The van der Waals surface area contributed by atoms with Crippen molar-refractivity contribution in [3.8, 4) is 0 Å². The van der Waals surface area contributed by atoms with Crippen molar-refractivity contribution in [1.29, 1.82) is 0 Å². The van der Waals surface area contributed by atoms with Gasteiger partial charge in [-0.25, -0.2) is 4.79 Å². The molecule has 8 heteroatoms. The highest BCUT2D eigenvalue weighted by atomic mass is 32.1. The lowest BCUT2D eigenvalue weighted by Crippen LogP contribution is -2.31. The molecule has 1 aromatic heterocycles. The Labute approximate surface area is 174 Å². The number of hydrogen-bond donors (Lipinski definition) is 2. The van der Waals surface area contributed by atoms with Crippen LogP contribution in [0.1, 0.15) is 45.4 Å². The summed E-state index contributed by atoms with van der Waals surface area (Å²) in [5, 5.41) is 6.02. The lowest BCUT2D eigenvalue weighted by molar-refractivity contribution is -0.117. The van der Waals surface area contributed by atoms with Crippen LogP contribution in [0.25, 0.3) is 0 Å². The molecule has 154 valence electrons. The molecule has 1 aromatic carbocycles. The van der Waals surface area contributed by atoms with Gasteiger partial charge in [-0.1, -0.05) is 18.2 Å². The number of likely N-dealkylation sites (tertiary alicyclic amines) is 1. The maximum atomic E-state index is 13.0. The van der Waals surface area contributed by atoms with Gasteiger partial charge in [0, 0.05) is 5.69 Å². The van der Waals surface area contributed by atoms with Crippen LogP contribution in [0.3, 0.4) is 0 Å². The number of amides is 2. The number of thiophene rings is 1. The van der Waals surface area contributed by atoms with Crippen LogP contribution in [-0.4, -0.2) is 48.9 Å². The molecule has 3 rings (SSSR count). The summed E-state index contributed by atoms with van der Waals surface area (Å²) < 4.78 is 5.11. The van der Waals surface area contributed by atoms with E-state index in [0.29, 0.717) is 21.1 Å². The monoisotopic (exact) mass is 415 g/mol. The molecule has 1 saturated heterocycles. The van der Waals surface area contributed by atoms with Gasteiger partial charge in [0.15, 0.2) is 0 Å². The summed E-state index contributed by atoms with van der Waals surface area (Å²) >= 11 is 1.07. The van der Waals surface area contributed by atoms with E-state index in [4.69, 9.17) is 4.74 Å². The predicted octanol–water partition coefficient (Wildman–Crippen LogP) is 3.52. The van der Waals surface area contributed by atoms with Gasteiger partial charge >= 0.3 is 5.97 Å². The third kappa shape index (κ3) is 5.21. The van der Waals surface area contributed by atoms with E-state index in [1.807, 2.05) is 18.2 Å². The van der Waals surface area contributed by atoms with Gasteiger partial charge in [0.25, 0.3) is 5.91 Å². The Kier molecular flexibility index (Phi) is 7.00. The van der Waals surface area contributed by atoms with Crippen molar-refractivity contribution in [3.63, 3.8) is 0 Å². The van der Waals surface area contributed by atoms with Crippen molar-refractivity contribution >= 4 is 39.8 Å². The average molecular weight is 416 g/mol. The van der Waals surface area contributed by atoms with E-state index >= 15 is 0 Å². The lowest BCUT2D eigenvalue weighted by Gasteiger charge is -2.14. The van der Waals surface area contributed by atoms with Crippen molar-refractivity contribution < 1.29 is 19.1 Å². The largest absolute Gasteiger partial charge is 0.462 e. The molecule has 0 unspecified atom stereocenters. The molecule has 1 aliphatic rings. The number of ether oxygens (including phenoxy) is 1. The number of rotatable bonds is 7. The highest BCUT2D eigenvalue weighted by Crippen LogP contribution is 2.34. The predicted molar refractivity (Wildman–Crippen MR) is 114 cm³/mol. The van der Waals surface area contributed by atoms with Crippen molar-refractivity contribution in [1.82, 2.24) is 4.90 Å². The van der Waals surface area contributed by atoms with Crippen LogP contribution >= 0.6 is 11.3 Å². The molecule has 0 spiro atoms. The molecule has 2 amide bonds. The van der Waals surface area contributed by atoms with Gasteiger partial charge < -0.3 is 15.4 Å². The molecular formula is C21H25N3O4S. The Morgan fingerprint density at radius 3 is 2.45 bits per heavy atom. The van der Waals surface area contributed by atoms with E-state index in [2.05, 4.69) is 15.5 Å².